The first-order valence-corrected chi connectivity index (χ1v) is 5.43. The normalized spacial score (nSPS) is 12.6. The van der Waals surface area contributed by atoms with Crippen molar-refractivity contribution >= 4 is 15.9 Å². The Morgan fingerprint density at radius 1 is 1.50 bits per heavy atom. The fourth-order valence-corrected chi connectivity index (χ4v) is 2.12. The third-order valence-corrected chi connectivity index (χ3v) is 2.81. The third-order valence-electron chi connectivity index (χ3n) is 2.36. The Morgan fingerprint density at radius 2 is 2.14 bits per heavy atom. The van der Waals surface area contributed by atoms with Crippen LogP contribution in [-0.4, -0.2) is 13.7 Å². The van der Waals surface area contributed by atoms with Gasteiger partial charge in [0, 0.05) is 4.47 Å². The third kappa shape index (κ3) is 2.28. The van der Waals surface area contributed by atoms with E-state index in [0.717, 1.165) is 15.8 Å². The van der Waals surface area contributed by atoms with E-state index in [1.54, 1.807) is 7.11 Å². The summed E-state index contributed by atoms with van der Waals surface area (Å²) in [7, 11) is 1.70. The average molecular weight is 258 g/mol. The lowest BCUT2D eigenvalue weighted by atomic mass is 9.98. The van der Waals surface area contributed by atoms with Gasteiger partial charge < -0.3 is 10.5 Å². The number of hydrogen-bond acceptors (Lipinski definition) is 2. The van der Waals surface area contributed by atoms with Gasteiger partial charge in [-0.15, -0.1) is 0 Å². The average Bonchev–Trinajstić information content (AvgIpc) is 2.15. The van der Waals surface area contributed by atoms with Crippen LogP contribution in [0, 0.1) is 6.92 Å². The quantitative estimate of drug-likeness (QED) is 0.904. The number of rotatable bonds is 3. The molecule has 1 atom stereocenters. The molecule has 1 aromatic carbocycles. The minimum atomic E-state index is 0.321. The Bertz CT molecular complexity index is 325. The number of aryl methyl sites for hydroxylation is 1. The lowest BCUT2D eigenvalue weighted by Gasteiger charge is -2.16. The van der Waals surface area contributed by atoms with Gasteiger partial charge in [-0.2, -0.15) is 0 Å². The number of nitrogens with two attached hydrogens (primary N) is 1. The highest BCUT2D eigenvalue weighted by molar-refractivity contribution is 9.10. The van der Waals surface area contributed by atoms with Crippen LogP contribution in [0.3, 0.4) is 0 Å². The molecule has 0 aliphatic heterocycles. The molecule has 0 radical (unpaired) electrons. The van der Waals surface area contributed by atoms with E-state index < -0.39 is 0 Å². The molecule has 2 nitrogen and oxygen atoms in total. The van der Waals surface area contributed by atoms with Gasteiger partial charge in [-0.05, 0) is 42.6 Å². The summed E-state index contributed by atoms with van der Waals surface area (Å²) in [6, 6.07) is 4.12. The second-order valence-corrected chi connectivity index (χ2v) is 4.40. The lowest BCUT2D eigenvalue weighted by Crippen LogP contribution is -2.10. The molecule has 0 amide bonds. The topological polar surface area (TPSA) is 35.2 Å². The molecule has 0 aromatic heterocycles. The standard InChI is InChI=1S/C11H16BrNO/c1-7-4-9(12)5-10(8(2)6-13)11(7)14-3/h4-5,8H,6,13H2,1-3H3. The zero-order valence-corrected chi connectivity index (χ0v) is 10.4. The van der Waals surface area contributed by atoms with Gasteiger partial charge in [-0.1, -0.05) is 22.9 Å². The first-order valence-electron chi connectivity index (χ1n) is 4.64. The Morgan fingerprint density at radius 3 is 2.64 bits per heavy atom. The van der Waals surface area contributed by atoms with E-state index in [1.807, 2.05) is 13.0 Å². The van der Waals surface area contributed by atoms with Crippen molar-refractivity contribution in [3.63, 3.8) is 0 Å². The van der Waals surface area contributed by atoms with Crippen molar-refractivity contribution in [2.24, 2.45) is 5.73 Å². The highest BCUT2D eigenvalue weighted by atomic mass is 79.9. The van der Waals surface area contributed by atoms with E-state index >= 15 is 0 Å². The molecule has 0 bridgehead atoms. The smallest absolute Gasteiger partial charge is 0.125 e. The summed E-state index contributed by atoms with van der Waals surface area (Å²) in [5, 5.41) is 0. The lowest BCUT2D eigenvalue weighted by molar-refractivity contribution is 0.403. The van der Waals surface area contributed by atoms with Crippen molar-refractivity contribution in [1.82, 2.24) is 0 Å². The molecule has 0 saturated carbocycles. The van der Waals surface area contributed by atoms with Crippen molar-refractivity contribution in [2.45, 2.75) is 19.8 Å². The maximum Gasteiger partial charge on any atom is 0.125 e. The number of hydrogen-bond donors (Lipinski definition) is 1. The van der Waals surface area contributed by atoms with Gasteiger partial charge in [0.1, 0.15) is 5.75 Å². The second-order valence-electron chi connectivity index (χ2n) is 3.48. The van der Waals surface area contributed by atoms with E-state index in [2.05, 4.69) is 28.9 Å². The van der Waals surface area contributed by atoms with Gasteiger partial charge in [-0.3, -0.25) is 0 Å². The zero-order valence-electron chi connectivity index (χ0n) is 8.80. The molecule has 0 fully saturated rings. The fourth-order valence-electron chi connectivity index (χ4n) is 1.53. The van der Waals surface area contributed by atoms with E-state index in [-0.39, 0.29) is 0 Å². The van der Waals surface area contributed by atoms with Crippen LogP contribution in [0.4, 0.5) is 0 Å². The van der Waals surface area contributed by atoms with E-state index in [0.29, 0.717) is 12.5 Å². The molecule has 0 aliphatic rings. The van der Waals surface area contributed by atoms with E-state index in [9.17, 15) is 0 Å². The molecule has 14 heavy (non-hydrogen) atoms. The Labute approximate surface area is 93.6 Å². The van der Waals surface area contributed by atoms with Crippen LogP contribution < -0.4 is 10.5 Å². The molecular weight excluding hydrogens is 242 g/mol. The van der Waals surface area contributed by atoms with Crippen LogP contribution in [0.15, 0.2) is 16.6 Å². The maximum absolute atomic E-state index is 5.66. The van der Waals surface area contributed by atoms with Gasteiger partial charge in [0.05, 0.1) is 7.11 Å². The second kappa shape index (κ2) is 4.80. The molecule has 1 aromatic rings. The van der Waals surface area contributed by atoms with Gasteiger partial charge in [0.25, 0.3) is 0 Å². The van der Waals surface area contributed by atoms with E-state index in [4.69, 9.17) is 10.5 Å². The fraction of sp³-hybridized carbons (Fsp3) is 0.455. The summed E-state index contributed by atoms with van der Waals surface area (Å²) in [5.74, 6) is 1.27. The molecule has 1 unspecified atom stereocenters. The Hall–Kier alpha value is -0.540. The van der Waals surface area contributed by atoms with Crippen LogP contribution in [0.2, 0.25) is 0 Å². The molecule has 1 rings (SSSR count). The van der Waals surface area contributed by atoms with Crippen LogP contribution >= 0.6 is 15.9 Å². The van der Waals surface area contributed by atoms with Crippen LogP contribution in [-0.2, 0) is 0 Å². The SMILES string of the molecule is COc1c(C)cc(Br)cc1C(C)CN. The van der Waals surface area contributed by atoms with Crippen molar-refractivity contribution in [3.8, 4) is 5.75 Å². The molecule has 2 N–H and O–H groups in total. The molecule has 0 spiro atoms. The maximum atomic E-state index is 5.66. The van der Waals surface area contributed by atoms with Gasteiger partial charge in [0.15, 0.2) is 0 Å². The number of halogens is 1. The minimum Gasteiger partial charge on any atom is -0.496 e. The van der Waals surface area contributed by atoms with Crippen LogP contribution in [0.1, 0.15) is 24.0 Å². The minimum absolute atomic E-state index is 0.321. The molecule has 0 aliphatic carbocycles. The van der Waals surface area contributed by atoms with Crippen LogP contribution in [0.5, 0.6) is 5.75 Å². The van der Waals surface area contributed by atoms with E-state index in [1.165, 1.54) is 5.56 Å². The highest BCUT2D eigenvalue weighted by Crippen LogP contribution is 2.32. The Kier molecular flexibility index (Phi) is 3.96. The predicted octanol–water partition coefficient (Wildman–Crippen LogP) is 2.83. The monoisotopic (exact) mass is 257 g/mol. The first-order chi connectivity index (χ1) is 6.60. The number of benzene rings is 1. The van der Waals surface area contributed by atoms with Crippen LogP contribution in [0.25, 0.3) is 0 Å². The number of methoxy groups -OCH3 is 1. The summed E-state index contributed by atoms with van der Waals surface area (Å²) < 4.78 is 6.45. The number of ether oxygens (including phenoxy) is 1. The van der Waals surface area contributed by atoms with Gasteiger partial charge >= 0.3 is 0 Å². The van der Waals surface area contributed by atoms with Crippen molar-refractivity contribution < 1.29 is 4.74 Å². The summed E-state index contributed by atoms with van der Waals surface area (Å²) in [6.07, 6.45) is 0. The van der Waals surface area contributed by atoms with Gasteiger partial charge in [-0.25, -0.2) is 0 Å². The van der Waals surface area contributed by atoms with Crippen molar-refractivity contribution in [1.29, 1.82) is 0 Å². The van der Waals surface area contributed by atoms with Crippen molar-refractivity contribution in [3.05, 3.63) is 27.7 Å². The highest BCUT2D eigenvalue weighted by Gasteiger charge is 2.12. The molecular formula is C11H16BrNO. The Balaban J connectivity index is 3.24. The molecule has 78 valence electrons. The summed E-state index contributed by atoms with van der Waals surface area (Å²) in [5.41, 5.74) is 7.96. The van der Waals surface area contributed by atoms with Crippen molar-refractivity contribution in [2.75, 3.05) is 13.7 Å². The van der Waals surface area contributed by atoms with Gasteiger partial charge in [0.2, 0.25) is 0 Å². The summed E-state index contributed by atoms with van der Waals surface area (Å²) in [6.45, 7) is 4.77. The zero-order chi connectivity index (χ0) is 10.7. The molecule has 3 heteroatoms. The predicted molar refractivity (Wildman–Crippen MR) is 62.9 cm³/mol. The largest absolute Gasteiger partial charge is 0.496 e. The molecule has 0 saturated heterocycles. The summed E-state index contributed by atoms with van der Waals surface area (Å²) >= 11 is 3.48. The summed E-state index contributed by atoms with van der Waals surface area (Å²) in [4.78, 5) is 0. The molecule has 0 heterocycles. The first kappa shape index (κ1) is 11.5.